The van der Waals surface area contributed by atoms with Crippen LogP contribution in [0.4, 0.5) is 0 Å². The van der Waals surface area contributed by atoms with Crippen molar-refractivity contribution in [2.45, 2.75) is 348 Å². The molecule has 0 spiro atoms. The topological polar surface area (TPSA) is 78.9 Å². The standard InChI is InChI=1S/C73H128O6/c1-4-7-10-13-16-19-22-25-28-30-32-33-34-35-36-37-38-39-41-42-45-48-51-54-57-60-63-66-72(75)78-69-70(68-77-71(74)65-62-59-56-53-50-47-44-27-24-21-18-15-12-9-6-3)79-73(76)67-64-61-58-55-52-49-46-43-40-31-29-26-23-20-17-14-11-8-5-2/h9,12,17-18,20-21,26-27,29-30,32,40,43-44,70H,4-8,10-11,13-16,19,22-25,28,31,33-39,41-42,45-69H2,1-3H3/b12-9-,20-17-,21-18-,29-26-,32-30-,43-40-,44-27-. The van der Waals surface area contributed by atoms with Gasteiger partial charge in [-0.25, -0.2) is 0 Å². The fourth-order valence-corrected chi connectivity index (χ4v) is 9.76. The molecule has 6 heteroatoms. The molecule has 1 unspecified atom stereocenters. The van der Waals surface area contributed by atoms with Crippen molar-refractivity contribution in [3.05, 3.63) is 85.1 Å². The van der Waals surface area contributed by atoms with Crippen molar-refractivity contribution >= 4 is 17.9 Å². The Balaban J connectivity index is 4.31. The SMILES string of the molecule is CC/C=C\C/C=C\C/C=C\CCCCCCCC(=O)OCC(COC(=O)CCCCCCCCCCCCCCCCC/C=C\CCCCCCCCCC)OC(=O)CCCCCCCC/C=C\C/C=C\C/C=C\CCCCC. The van der Waals surface area contributed by atoms with Crippen molar-refractivity contribution in [1.29, 1.82) is 0 Å². The van der Waals surface area contributed by atoms with Gasteiger partial charge in [0.1, 0.15) is 13.2 Å². The maximum Gasteiger partial charge on any atom is 0.306 e. The van der Waals surface area contributed by atoms with Gasteiger partial charge in [0.2, 0.25) is 0 Å². The second kappa shape index (κ2) is 67.1. The van der Waals surface area contributed by atoms with Gasteiger partial charge < -0.3 is 14.2 Å². The highest BCUT2D eigenvalue weighted by Gasteiger charge is 2.19. The summed E-state index contributed by atoms with van der Waals surface area (Å²) in [5.41, 5.74) is 0. The second-order valence-corrected chi connectivity index (χ2v) is 22.7. The van der Waals surface area contributed by atoms with Gasteiger partial charge in [-0.2, -0.15) is 0 Å². The Labute approximate surface area is 490 Å². The van der Waals surface area contributed by atoms with Crippen LogP contribution in [0.15, 0.2) is 85.1 Å². The zero-order valence-electron chi connectivity index (χ0n) is 52.4. The van der Waals surface area contributed by atoms with Crippen molar-refractivity contribution in [1.82, 2.24) is 0 Å². The lowest BCUT2D eigenvalue weighted by atomic mass is 10.0. The van der Waals surface area contributed by atoms with E-state index in [4.69, 9.17) is 14.2 Å². The third-order valence-electron chi connectivity index (χ3n) is 14.9. The van der Waals surface area contributed by atoms with Crippen LogP contribution in [0.2, 0.25) is 0 Å². The van der Waals surface area contributed by atoms with E-state index in [-0.39, 0.29) is 31.1 Å². The summed E-state index contributed by atoms with van der Waals surface area (Å²) in [6.45, 7) is 6.52. The molecule has 0 heterocycles. The van der Waals surface area contributed by atoms with Crippen LogP contribution in [0.1, 0.15) is 342 Å². The number of ether oxygens (including phenoxy) is 3. The van der Waals surface area contributed by atoms with E-state index < -0.39 is 6.10 Å². The number of carbonyl (C=O) groups excluding carboxylic acids is 3. The van der Waals surface area contributed by atoms with Gasteiger partial charge >= 0.3 is 17.9 Å². The van der Waals surface area contributed by atoms with Crippen LogP contribution in [-0.2, 0) is 28.6 Å². The average Bonchev–Trinajstić information content (AvgIpc) is 3.45. The average molecular weight is 1100 g/mol. The summed E-state index contributed by atoms with van der Waals surface area (Å²) in [4.78, 5) is 38.4. The first-order valence-corrected chi connectivity index (χ1v) is 34.1. The number of allylic oxidation sites excluding steroid dienone is 14. The summed E-state index contributed by atoms with van der Waals surface area (Å²) in [6.07, 6.45) is 88.9. The van der Waals surface area contributed by atoms with Crippen LogP contribution >= 0.6 is 0 Å². The largest absolute Gasteiger partial charge is 0.462 e. The zero-order valence-corrected chi connectivity index (χ0v) is 52.4. The van der Waals surface area contributed by atoms with Gasteiger partial charge in [-0.05, 0) is 116 Å². The van der Waals surface area contributed by atoms with Crippen LogP contribution in [0.5, 0.6) is 0 Å². The molecule has 0 saturated heterocycles. The Morgan fingerprint density at radius 2 is 0.494 bits per heavy atom. The Kier molecular flexibility index (Phi) is 64.2. The van der Waals surface area contributed by atoms with E-state index in [1.54, 1.807) is 0 Å². The molecular formula is C73H128O6. The third kappa shape index (κ3) is 65.3. The maximum atomic E-state index is 12.9. The Morgan fingerprint density at radius 3 is 0.810 bits per heavy atom. The Bertz CT molecular complexity index is 1500. The predicted molar refractivity (Wildman–Crippen MR) is 344 cm³/mol. The summed E-state index contributed by atoms with van der Waals surface area (Å²) >= 11 is 0. The molecule has 0 aromatic rings. The summed E-state index contributed by atoms with van der Waals surface area (Å²) in [5.74, 6) is -0.902. The number of unbranched alkanes of at least 4 members (excludes halogenated alkanes) is 37. The van der Waals surface area contributed by atoms with Crippen molar-refractivity contribution in [2.75, 3.05) is 13.2 Å². The minimum atomic E-state index is -0.792. The maximum absolute atomic E-state index is 12.9. The molecule has 6 nitrogen and oxygen atoms in total. The van der Waals surface area contributed by atoms with Crippen LogP contribution in [-0.4, -0.2) is 37.2 Å². The number of hydrogen-bond acceptors (Lipinski definition) is 6. The normalized spacial score (nSPS) is 12.6. The molecule has 0 fully saturated rings. The van der Waals surface area contributed by atoms with Gasteiger partial charge in [0.05, 0.1) is 0 Å². The molecule has 0 amide bonds. The first-order chi connectivity index (χ1) is 39.0. The minimum absolute atomic E-state index is 0.0858. The van der Waals surface area contributed by atoms with Crippen LogP contribution in [0.25, 0.3) is 0 Å². The minimum Gasteiger partial charge on any atom is -0.462 e. The molecule has 79 heavy (non-hydrogen) atoms. The molecule has 0 N–H and O–H groups in total. The number of rotatable bonds is 62. The smallest absolute Gasteiger partial charge is 0.306 e. The van der Waals surface area contributed by atoms with E-state index in [0.29, 0.717) is 19.3 Å². The lowest BCUT2D eigenvalue weighted by Gasteiger charge is -2.18. The first kappa shape index (κ1) is 75.6. The molecule has 0 aliphatic carbocycles. The predicted octanol–water partition coefficient (Wildman–Crippen LogP) is 23.4. The third-order valence-corrected chi connectivity index (χ3v) is 14.9. The molecule has 0 bridgehead atoms. The van der Waals surface area contributed by atoms with Crippen LogP contribution < -0.4 is 0 Å². The van der Waals surface area contributed by atoms with Gasteiger partial charge in [0, 0.05) is 19.3 Å². The van der Waals surface area contributed by atoms with Crippen molar-refractivity contribution in [3.8, 4) is 0 Å². The van der Waals surface area contributed by atoms with Crippen LogP contribution in [0.3, 0.4) is 0 Å². The van der Waals surface area contributed by atoms with Gasteiger partial charge in [0.15, 0.2) is 6.10 Å². The molecule has 0 rings (SSSR count). The van der Waals surface area contributed by atoms with Gasteiger partial charge in [-0.1, -0.05) is 292 Å². The molecule has 0 aliphatic rings. The molecular weight excluding hydrogens is 973 g/mol. The van der Waals surface area contributed by atoms with Crippen molar-refractivity contribution < 1.29 is 28.6 Å². The molecule has 0 radical (unpaired) electrons. The summed E-state index contributed by atoms with van der Waals surface area (Å²) < 4.78 is 16.9. The first-order valence-electron chi connectivity index (χ1n) is 34.1. The molecule has 1 atom stereocenters. The number of esters is 3. The quantitative estimate of drug-likeness (QED) is 0.0261. The lowest BCUT2D eigenvalue weighted by Crippen LogP contribution is -2.30. The van der Waals surface area contributed by atoms with E-state index in [1.807, 2.05) is 0 Å². The van der Waals surface area contributed by atoms with E-state index in [9.17, 15) is 14.4 Å². The Morgan fingerprint density at radius 1 is 0.266 bits per heavy atom. The fourth-order valence-electron chi connectivity index (χ4n) is 9.76. The Hall–Kier alpha value is -3.41. The molecule has 456 valence electrons. The zero-order chi connectivity index (χ0) is 57.1. The lowest BCUT2D eigenvalue weighted by molar-refractivity contribution is -0.167. The molecule has 0 aromatic carbocycles. The number of hydrogen-bond donors (Lipinski definition) is 0. The van der Waals surface area contributed by atoms with Crippen LogP contribution in [0, 0.1) is 0 Å². The summed E-state index contributed by atoms with van der Waals surface area (Å²) in [6, 6.07) is 0. The highest BCUT2D eigenvalue weighted by Crippen LogP contribution is 2.17. The van der Waals surface area contributed by atoms with Gasteiger partial charge in [-0.3, -0.25) is 14.4 Å². The molecule has 0 aromatic heterocycles. The van der Waals surface area contributed by atoms with Crippen molar-refractivity contribution in [2.24, 2.45) is 0 Å². The monoisotopic (exact) mass is 1100 g/mol. The molecule has 0 aliphatic heterocycles. The van der Waals surface area contributed by atoms with E-state index in [1.165, 1.54) is 180 Å². The summed E-state index contributed by atoms with van der Waals surface area (Å²) in [5, 5.41) is 0. The van der Waals surface area contributed by atoms with Crippen molar-refractivity contribution in [3.63, 3.8) is 0 Å². The van der Waals surface area contributed by atoms with Gasteiger partial charge in [0.25, 0.3) is 0 Å². The van der Waals surface area contributed by atoms with E-state index in [2.05, 4.69) is 106 Å². The summed E-state index contributed by atoms with van der Waals surface area (Å²) in [7, 11) is 0. The fraction of sp³-hybridized carbons (Fsp3) is 0.767. The van der Waals surface area contributed by atoms with E-state index in [0.717, 1.165) is 122 Å². The highest BCUT2D eigenvalue weighted by molar-refractivity contribution is 5.71. The number of carbonyl (C=O) groups is 3. The van der Waals surface area contributed by atoms with E-state index >= 15 is 0 Å². The molecule has 0 saturated carbocycles. The second-order valence-electron chi connectivity index (χ2n) is 22.7. The van der Waals surface area contributed by atoms with Gasteiger partial charge in [-0.15, -0.1) is 0 Å². The highest BCUT2D eigenvalue weighted by atomic mass is 16.6.